The zero-order valence-corrected chi connectivity index (χ0v) is 10.3. The van der Waals surface area contributed by atoms with E-state index < -0.39 is 0 Å². The summed E-state index contributed by atoms with van der Waals surface area (Å²) >= 11 is 0. The van der Waals surface area contributed by atoms with Crippen molar-refractivity contribution in [1.29, 1.82) is 0 Å². The van der Waals surface area contributed by atoms with Crippen molar-refractivity contribution < 1.29 is 9.13 Å². The highest BCUT2D eigenvalue weighted by molar-refractivity contribution is 5.36. The van der Waals surface area contributed by atoms with Gasteiger partial charge in [-0.15, -0.1) is 0 Å². The van der Waals surface area contributed by atoms with E-state index in [9.17, 15) is 4.39 Å². The Kier molecular flexibility index (Phi) is 4.30. The van der Waals surface area contributed by atoms with Crippen molar-refractivity contribution in [1.82, 2.24) is 0 Å². The Balaban J connectivity index is 2.95. The molecule has 0 heterocycles. The number of ether oxygens (including phenoxy) is 1. The fourth-order valence-electron chi connectivity index (χ4n) is 1.32. The standard InChI is InChI=1S/C13H20FNO/c1-8(2)10(4)16-13-6-5-11(14)7-12(13)9(3)15/h5-10H,15H2,1-4H3. The van der Waals surface area contributed by atoms with E-state index in [-0.39, 0.29) is 18.0 Å². The first-order valence-corrected chi connectivity index (χ1v) is 5.63. The largest absolute Gasteiger partial charge is 0.490 e. The summed E-state index contributed by atoms with van der Waals surface area (Å²) < 4.78 is 18.9. The second-order valence-corrected chi connectivity index (χ2v) is 4.54. The van der Waals surface area contributed by atoms with Crippen LogP contribution in [-0.4, -0.2) is 6.10 Å². The van der Waals surface area contributed by atoms with Gasteiger partial charge in [-0.3, -0.25) is 0 Å². The fourth-order valence-corrected chi connectivity index (χ4v) is 1.32. The minimum absolute atomic E-state index is 0.0861. The Labute approximate surface area is 96.6 Å². The highest BCUT2D eigenvalue weighted by Crippen LogP contribution is 2.26. The molecule has 1 aromatic carbocycles. The molecule has 0 fully saturated rings. The zero-order chi connectivity index (χ0) is 12.3. The van der Waals surface area contributed by atoms with Crippen LogP contribution < -0.4 is 10.5 Å². The average Bonchev–Trinajstić information content (AvgIpc) is 2.20. The van der Waals surface area contributed by atoms with Crippen molar-refractivity contribution in [2.24, 2.45) is 11.7 Å². The van der Waals surface area contributed by atoms with Crippen molar-refractivity contribution in [2.45, 2.75) is 39.8 Å². The number of halogens is 1. The van der Waals surface area contributed by atoms with Gasteiger partial charge in [0.1, 0.15) is 11.6 Å². The number of hydrogen-bond donors (Lipinski definition) is 1. The molecule has 1 aromatic rings. The lowest BCUT2D eigenvalue weighted by molar-refractivity contribution is 0.168. The molecule has 0 saturated carbocycles. The summed E-state index contributed by atoms with van der Waals surface area (Å²) in [7, 11) is 0. The van der Waals surface area contributed by atoms with Gasteiger partial charge in [-0.25, -0.2) is 4.39 Å². The van der Waals surface area contributed by atoms with Gasteiger partial charge in [0.2, 0.25) is 0 Å². The summed E-state index contributed by atoms with van der Waals surface area (Å²) in [6, 6.07) is 4.25. The Morgan fingerprint density at radius 2 is 1.81 bits per heavy atom. The van der Waals surface area contributed by atoms with Gasteiger partial charge >= 0.3 is 0 Å². The molecule has 1 rings (SSSR count). The fraction of sp³-hybridized carbons (Fsp3) is 0.538. The topological polar surface area (TPSA) is 35.2 Å². The molecule has 0 saturated heterocycles. The minimum atomic E-state index is -0.281. The van der Waals surface area contributed by atoms with Gasteiger partial charge in [0.15, 0.2) is 0 Å². The van der Waals surface area contributed by atoms with Crippen molar-refractivity contribution in [3.05, 3.63) is 29.6 Å². The third-order valence-corrected chi connectivity index (χ3v) is 2.71. The molecule has 0 spiro atoms. The van der Waals surface area contributed by atoms with Crippen molar-refractivity contribution in [3.63, 3.8) is 0 Å². The molecule has 2 nitrogen and oxygen atoms in total. The van der Waals surface area contributed by atoms with Crippen LogP contribution in [0.2, 0.25) is 0 Å². The Morgan fingerprint density at radius 1 is 1.19 bits per heavy atom. The molecule has 90 valence electrons. The van der Waals surface area contributed by atoms with Crippen LogP contribution in [-0.2, 0) is 0 Å². The number of hydrogen-bond acceptors (Lipinski definition) is 2. The van der Waals surface area contributed by atoms with E-state index in [0.717, 1.165) is 0 Å². The van der Waals surface area contributed by atoms with E-state index in [4.69, 9.17) is 10.5 Å². The Bertz CT molecular complexity index is 350. The van der Waals surface area contributed by atoms with E-state index in [1.165, 1.54) is 12.1 Å². The van der Waals surface area contributed by atoms with Crippen LogP contribution >= 0.6 is 0 Å². The molecule has 2 unspecified atom stereocenters. The molecule has 16 heavy (non-hydrogen) atoms. The maximum Gasteiger partial charge on any atom is 0.124 e. The highest BCUT2D eigenvalue weighted by atomic mass is 19.1. The normalized spacial score (nSPS) is 14.9. The maximum absolute atomic E-state index is 13.1. The number of nitrogens with two attached hydrogens (primary N) is 1. The Morgan fingerprint density at radius 3 is 2.31 bits per heavy atom. The van der Waals surface area contributed by atoms with Crippen LogP contribution in [0, 0.1) is 11.7 Å². The number of benzene rings is 1. The predicted molar refractivity (Wildman–Crippen MR) is 63.9 cm³/mol. The molecule has 0 amide bonds. The third-order valence-electron chi connectivity index (χ3n) is 2.71. The molecule has 2 N–H and O–H groups in total. The van der Waals surface area contributed by atoms with Gasteiger partial charge in [-0.05, 0) is 38.0 Å². The van der Waals surface area contributed by atoms with Crippen molar-refractivity contribution in [2.75, 3.05) is 0 Å². The first kappa shape index (κ1) is 13.0. The quantitative estimate of drug-likeness (QED) is 0.853. The maximum atomic E-state index is 13.1. The van der Waals surface area contributed by atoms with Crippen LogP contribution in [0.1, 0.15) is 39.3 Å². The average molecular weight is 225 g/mol. The molecular weight excluding hydrogens is 205 g/mol. The van der Waals surface area contributed by atoms with Gasteiger partial charge < -0.3 is 10.5 Å². The molecule has 0 aliphatic heterocycles. The first-order chi connectivity index (χ1) is 7.41. The number of rotatable bonds is 4. The van der Waals surface area contributed by atoms with Crippen LogP contribution in [0.3, 0.4) is 0 Å². The lowest BCUT2D eigenvalue weighted by Gasteiger charge is -2.21. The molecule has 3 heteroatoms. The minimum Gasteiger partial charge on any atom is -0.490 e. The van der Waals surface area contributed by atoms with Gasteiger partial charge in [0, 0.05) is 11.6 Å². The van der Waals surface area contributed by atoms with Crippen LogP contribution in [0.15, 0.2) is 18.2 Å². The summed E-state index contributed by atoms with van der Waals surface area (Å²) in [4.78, 5) is 0. The van der Waals surface area contributed by atoms with Crippen molar-refractivity contribution >= 4 is 0 Å². The molecule has 0 radical (unpaired) electrons. The van der Waals surface area contributed by atoms with E-state index in [1.807, 2.05) is 13.8 Å². The van der Waals surface area contributed by atoms with Gasteiger partial charge in [0.25, 0.3) is 0 Å². The van der Waals surface area contributed by atoms with E-state index >= 15 is 0 Å². The third kappa shape index (κ3) is 3.20. The summed E-state index contributed by atoms with van der Waals surface area (Å²) in [5.41, 5.74) is 6.50. The van der Waals surface area contributed by atoms with E-state index in [0.29, 0.717) is 17.2 Å². The second kappa shape index (κ2) is 5.30. The van der Waals surface area contributed by atoms with E-state index in [2.05, 4.69) is 13.8 Å². The summed E-state index contributed by atoms with van der Waals surface area (Å²) in [6.45, 7) is 7.99. The SMILES string of the molecule is CC(N)c1cc(F)ccc1OC(C)C(C)C. The molecule has 0 aromatic heterocycles. The summed E-state index contributed by atoms with van der Waals surface area (Å²) in [5.74, 6) is 0.806. The van der Waals surface area contributed by atoms with Crippen LogP contribution in [0.25, 0.3) is 0 Å². The summed E-state index contributed by atoms with van der Waals surface area (Å²) in [6.07, 6.45) is 0.0861. The highest BCUT2D eigenvalue weighted by Gasteiger charge is 2.14. The zero-order valence-electron chi connectivity index (χ0n) is 10.3. The summed E-state index contributed by atoms with van der Waals surface area (Å²) in [5, 5.41) is 0. The van der Waals surface area contributed by atoms with Gasteiger partial charge in [0.05, 0.1) is 6.10 Å². The van der Waals surface area contributed by atoms with Crippen molar-refractivity contribution in [3.8, 4) is 5.75 Å². The van der Waals surface area contributed by atoms with Gasteiger partial charge in [-0.2, -0.15) is 0 Å². The molecule has 2 atom stereocenters. The lowest BCUT2D eigenvalue weighted by Crippen LogP contribution is -2.20. The molecule has 0 bridgehead atoms. The van der Waals surface area contributed by atoms with Crippen LogP contribution in [0.4, 0.5) is 4.39 Å². The first-order valence-electron chi connectivity index (χ1n) is 5.63. The van der Waals surface area contributed by atoms with E-state index in [1.54, 1.807) is 6.07 Å². The molecular formula is C13H20FNO. The monoisotopic (exact) mass is 225 g/mol. The molecule has 0 aliphatic carbocycles. The second-order valence-electron chi connectivity index (χ2n) is 4.54. The smallest absolute Gasteiger partial charge is 0.124 e. The Hall–Kier alpha value is -1.09. The predicted octanol–water partition coefficient (Wildman–Crippen LogP) is 3.27. The lowest BCUT2D eigenvalue weighted by atomic mass is 10.1. The molecule has 0 aliphatic rings. The van der Waals surface area contributed by atoms with Crippen LogP contribution in [0.5, 0.6) is 5.75 Å². The van der Waals surface area contributed by atoms with Gasteiger partial charge in [-0.1, -0.05) is 13.8 Å².